The molecule has 4 heteroatoms. The molecule has 1 aromatic rings. The summed E-state index contributed by atoms with van der Waals surface area (Å²) < 4.78 is 0. The first-order chi connectivity index (χ1) is 7.06. The Morgan fingerprint density at radius 2 is 2.20 bits per heavy atom. The molecule has 3 N–H and O–H groups in total. The molecule has 4 nitrogen and oxygen atoms in total. The summed E-state index contributed by atoms with van der Waals surface area (Å²) in [4.78, 5) is 10.9. The van der Waals surface area contributed by atoms with Gasteiger partial charge in [-0.2, -0.15) is 0 Å². The number of phenols is 1. The monoisotopic (exact) mass is 209 g/mol. The van der Waals surface area contributed by atoms with Gasteiger partial charge in [-0.15, -0.1) is 0 Å². The van der Waals surface area contributed by atoms with Gasteiger partial charge in [-0.3, -0.25) is 4.79 Å². The van der Waals surface area contributed by atoms with Gasteiger partial charge in [0, 0.05) is 19.4 Å². The van der Waals surface area contributed by atoms with Crippen LogP contribution in [0.1, 0.15) is 25.3 Å². The Balaban J connectivity index is 3.13. The average molecular weight is 209 g/mol. The molecule has 15 heavy (non-hydrogen) atoms. The molecule has 0 aromatic heterocycles. The number of rotatable bonds is 3. The molecular weight excluding hydrogens is 194 g/mol. The fourth-order valence-corrected chi connectivity index (χ4v) is 1.38. The molecule has 82 valence electrons. The summed E-state index contributed by atoms with van der Waals surface area (Å²) in [5.74, 6) is -0.357. The van der Waals surface area contributed by atoms with Crippen molar-refractivity contribution in [3.63, 3.8) is 0 Å². The number of carbonyl (C=O) groups excluding carboxylic acids is 1. The smallest absolute Gasteiger partial charge is 0.221 e. The predicted octanol–water partition coefficient (Wildman–Crippen LogP) is 1.45. The SMILES string of the molecule is CC(=O)Nc1c(O)cccc1C(C)CO. The van der Waals surface area contributed by atoms with E-state index in [0.717, 1.165) is 5.56 Å². The van der Waals surface area contributed by atoms with E-state index in [2.05, 4.69) is 5.32 Å². The molecule has 0 spiro atoms. The number of hydrogen-bond donors (Lipinski definition) is 3. The van der Waals surface area contributed by atoms with Crippen LogP contribution in [0.5, 0.6) is 5.75 Å². The molecule has 1 aromatic carbocycles. The van der Waals surface area contributed by atoms with Crippen molar-refractivity contribution in [3.05, 3.63) is 23.8 Å². The summed E-state index contributed by atoms with van der Waals surface area (Å²) in [6.45, 7) is 3.16. The molecule has 0 radical (unpaired) electrons. The van der Waals surface area contributed by atoms with Crippen LogP contribution < -0.4 is 5.32 Å². The van der Waals surface area contributed by atoms with Crippen molar-refractivity contribution in [1.29, 1.82) is 0 Å². The van der Waals surface area contributed by atoms with Gasteiger partial charge in [0.05, 0.1) is 5.69 Å². The summed E-state index contributed by atoms with van der Waals surface area (Å²) in [5.41, 5.74) is 1.11. The number of benzene rings is 1. The third-order valence-electron chi connectivity index (χ3n) is 2.18. The van der Waals surface area contributed by atoms with Crippen LogP contribution in [-0.2, 0) is 4.79 Å². The van der Waals surface area contributed by atoms with Crippen LogP contribution in [0.15, 0.2) is 18.2 Å². The highest BCUT2D eigenvalue weighted by atomic mass is 16.3. The topological polar surface area (TPSA) is 69.6 Å². The highest BCUT2D eigenvalue weighted by Gasteiger charge is 2.13. The molecule has 1 atom stereocenters. The summed E-state index contributed by atoms with van der Waals surface area (Å²) in [6, 6.07) is 4.95. The Hall–Kier alpha value is -1.55. The molecule has 0 heterocycles. The van der Waals surface area contributed by atoms with E-state index in [1.165, 1.54) is 13.0 Å². The molecule has 0 bridgehead atoms. The van der Waals surface area contributed by atoms with Crippen molar-refractivity contribution < 1.29 is 15.0 Å². The first-order valence-corrected chi connectivity index (χ1v) is 4.76. The Morgan fingerprint density at radius 1 is 1.53 bits per heavy atom. The minimum atomic E-state index is -0.247. The summed E-state index contributed by atoms with van der Waals surface area (Å²) in [6.07, 6.45) is 0. The summed E-state index contributed by atoms with van der Waals surface area (Å²) >= 11 is 0. The van der Waals surface area contributed by atoms with Crippen molar-refractivity contribution in [3.8, 4) is 5.75 Å². The van der Waals surface area contributed by atoms with E-state index in [-0.39, 0.29) is 24.2 Å². The van der Waals surface area contributed by atoms with E-state index in [4.69, 9.17) is 5.11 Å². The second-order valence-corrected chi connectivity index (χ2v) is 3.51. The van der Waals surface area contributed by atoms with E-state index < -0.39 is 0 Å². The lowest BCUT2D eigenvalue weighted by Crippen LogP contribution is -2.10. The van der Waals surface area contributed by atoms with Crippen molar-refractivity contribution in [2.24, 2.45) is 0 Å². The average Bonchev–Trinajstić information content (AvgIpc) is 2.19. The number of aliphatic hydroxyl groups is 1. The Bertz CT molecular complexity index is 363. The number of carbonyl (C=O) groups is 1. The second-order valence-electron chi connectivity index (χ2n) is 3.51. The number of nitrogens with one attached hydrogen (secondary N) is 1. The van der Waals surface area contributed by atoms with Gasteiger partial charge in [-0.1, -0.05) is 19.1 Å². The van der Waals surface area contributed by atoms with E-state index in [1.807, 2.05) is 6.92 Å². The normalized spacial score (nSPS) is 12.2. The first kappa shape index (κ1) is 11.5. The van der Waals surface area contributed by atoms with Crippen molar-refractivity contribution >= 4 is 11.6 Å². The molecule has 1 unspecified atom stereocenters. The Labute approximate surface area is 88.6 Å². The van der Waals surface area contributed by atoms with Gasteiger partial charge < -0.3 is 15.5 Å². The maximum Gasteiger partial charge on any atom is 0.221 e. The highest BCUT2D eigenvalue weighted by Crippen LogP contribution is 2.32. The highest BCUT2D eigenvalue weighted by molar-refractivity contribution is 5.91. The fourth-order valence-electron chi connectivity index (χ4n) is 1.38. The van der Waals surface area contributed by atoms with Crippen molar-refractivity contribution in [2.45, 2.75) is 19.8 Å². The van der Waals surface area contributed by atoms with Gasteiger partial charge in [0.1, 0.15) is 5.75 Å². The minimum absolute atomic E-state index is 0.0167. The number of phenolic OH excluding ortho intramolecular Hbond substituents is 1. The van der Waals surface area contributed by atoms with Crippen molar-refractivity contribution in [2.75, 3.05) is 11.9 Å². The summed E-state index contributed by atoms with van der Waals surface area (Å²) in [5, 5.41) is 21.2. The Kier molecular flexibility index (Phi) is 3.68. The minimum Gasteiger partial charge on any atom is -0.506 e. The molecule has 0 aliphatic heterocycles. The van der Waals surface area contributed by atoms with Gasteiger partial charge in [0.25, 0.3) is 0 Å². The number of aliphatic hydroxyl groups excluding tert-OH is 1. The maximum atomic E-state index is 10.9. The largest absolute Gasteiger partial charge is 0.506 e. The predicted molar refractivity (Wildman–Crippen MR) is 57.9 cm³/mol. The molecule has 0 aliphatic rings. The lowest BCUT2D eigenvalue weighted by molar-refractivity contribution is -0.114. The molecule has 0 saturated carbocycles. The van der Waals surface area contributed by atoms with Crippen LogP contribution in [0.4, 0.5) is 5.69 Å². The lowest BCUT2D eigenvalue weighted by Gasteiger charge is -2.15. The molecular formula is C11H15NO3. The van der Waals surface area contributed by atoms with E-state index in [1.54, 1.807) is 12.1 Å². The van der Waals surface area contributed by atoms with Crippen LogP contribution in [0, 0.1) is 0 Å². The quantitative estimate of drug-likeness (QED) is 0.660. The van der Waals surface area contributed by atoms with Crippen LogP contribution in [0.3, 0.4) is 0 Å². The van der Waals surface area contributed by atoms with E-state index >= 15 is 0 Å². The first-order valence-electron chi connectivity index (χ1n) is 4.76. The fraction of sp³-hybridized carbons (Fsp3) is 0.364. The van der Waals surface area contributed by atoms with Crippen LogP contribution in [0.2, 0.25) is 0 Å². The molecule has 0 aliphatic carbocycles. The number of anilines is 1. The zero-order valence-electron chi connectivity index (χ0n) is 8.82. The number of hydrogen-bond acceptors (Lipinski definition) is 3. The third kappa shape index (κ3) is 2.70. The van der Waals surface area contributed by atoms with Gasteiger partial charge in [-0.25, -0.2) is 0 Å². The number of para-hydroxylation sites is 1. The summed E-state index contributed by atoms with van der Waals surface area (Å²) in [7, 11) is 0. The van der Waals surface area contributed by atoms with Crippen molar-refractivity contribution in [1.82, 2.24) is 0 Å². The van der Waals surface area contributed by atoms with Gasteiger partial charge in [0.15, 0.2) is 0 Å². The maximum absolute atomic E-state index is 10.9. The number of amides is 1. The number of aromatic hydroxyl groups is 1. The second kappa shape index (κ2) is 4.79. The molecule has 0 fully saturated rings. The van der Waals surface area contributed by atoms with Gasteiger partial charge in [-0.05, 0) is 11.6 Å². The van der Waals surface area contributed by atoms with Gasteiger partial charge >= 0.3 is 0 Å². The molecule has 0 saturated heterocycles. The van der Waals surface area contributed by atoms with Crippen LogP contribution in [0.25, 0.3) is 0 Å². The zero-order valence-corrected chi connectivity index (χ0v) is 8.82. The standard InChI is InChI=1S/C11H15NO3/c1-7(6-13)9-4-3-5-10(15)11(9)12-8(2)14/h3-5,7,13,15H,6H2,1-2H3,(H,12,14). The zero-order chi connectivity index (χ0) is 11.4. The molecule has 1 amide bonds. The van der Waals surface area contributed by atoms with E-state index in [9.17, 15) is 9.90 Å². The van der Waals surface area contributed by atoms with Crippen LogP contribution in [-0.4, -0.2) is 22.7 Å². The van der Waals surface area contributed by atoms with Crippen LogP contribution >= 0.6 is 0 Å². The Morgan fingerprint density at radius 3 is 2.73 bits per heavy atom. The third-order valence-corrected chi connectivity index (χ3v) is 2.18. The van der Waals surface area contributed by atoms with E-state index in [0.29, 0.717) is 5.69 Å². The lowest BCUT2D eigenvalue weighted by atomic mass is 9.99. The van der Waals surface area contributed by atoms with Gasteiger partial charge in [0.2, 0.25) is 5.91 Å². The molecule has 1 rings (SSSR count).